The van der Waals surface area contributed by atoms with Gasteiger partial charge in [0.1, 0.15) is 23.1 Å². The SMILES string of the molecule is [CH2-]C(=O)C(=O)CCC.[CH2-]C(C)C(=O)CCC.[CH2-]C(N)C(=O)CCC.[CH2-][C@@]1(C(=O)CCC)NCCc2c1[nH]c1ccc(C)cc21.[CH2-][C@@]1(C(=O)CCC)NCCc2cc(O)c(OC)cc21.[CH3-].[CH3-].[CH3-].[CH3-].[CH3-].[Y].[Y].[Y].[Y].[Y]. The Bertz CT molecular complexity index is 1990. The number of ether oxygens (including phenoxy) is 1. The van der Waals surface area contributed by atoms with Crippen LogP contribution in [0, 0.1) is 84.6 Å². The minimum atomic E-state index is -0.926. The molecule has 5 rings (SSSR count). The molecule has 2 aliphatic rings. The Hall–Kier alpha value is 0.869. The van der Waals surface area contributed by atoms with Crippen molar-refractivity contribution in [3.05, 3.63) is 130 Å². The van der Waals surface area contributed by atoms with E-state index in [0.29, 0.717) is 44.4 Å². The minimum absolute atomic E-state index is 0. The largest absolute Gasteiger partial charge is 0.504 e. The van der Waals surface area contributed by atoms with Crippen molar-refractivity contribution in [1.29, 1.82) is 0 Å². The summed E-state index contributed by atoms with van der Waals surface area (Å²) in [6, 6.07) is 9.26. The number of rotatable bonds is 16. The number of aromatic amines is 1. The van der Waals surface area contributed by atoms with Gasteiger partial charge in [0.15, 0.2) is 11.5 Å². The Morgan fingerprint density at radius 2 is 1.15 bits per heavy atom. The van der Waals surface area contributed by atoms with E-state index in [0.717, 1.165) is 73.8 Å². The zero-order valence-electron chi connectivity index (χ0n) is 47.2. The van der Waals surface area contributed by atoms with E-state index in [4.69, 9.17) is 10.5 Å². The average molecular weight is 1390 g/mol. The summed E-state index contributed by atoms with van der Waals surface area (Å²) >= 11 is 0. The molecule has 407 valence electrons. The van der Waals surface area contributed by atoms with Crippen LogP contribution in [0.2, 0.25) is 0 Å². The molecule has 0 bridgehead atoms. The van der Waals surface area contributed by atoms with Gasteiger partial charge in [-0.3, -0.25) is 0 Å². The molecule has 0 amide bonds. The first kappa shape index (κ1) is 96.2. The summed E-state index contributed by atoms with van der Waals surface area (Å²) in [7, 11) is 1.50. The number of ketones is 6. The fourth-order valence-electron chi connectivity index (χ4n) is 7.02. The molecule has 5 radical (unpaired) electrons. The molecular formula is C56H90N4O8Y5-10. The first-order valence-corrected chi connectivity index (χ1v) is 22.3. The zero-order valence-corrected chi connectivity index (χ0v) is 61.4. The number of nitrogens with one attached hydrogen (secondary N) is 3. The molecule has 0 saturated carbocycles. The molecule has 2 unspecified atom stereocenters. The van der Waals surface area contributed by atoms with Crippen molar-refractivity contribution in [2.45, 2.75) is 143 Å². The van der Waals surface area contributed by atoms with E-state index < -0.39 is 22.9 Å². The molecule has 17 heteroatoms. The number of aromatic nitrogens is 1. The molecule has 0 saturated heterocycles. The number of hydrogen-bond donors (Lipinski definition) is 5. The van der Waals surface area contributed by atoms with E-state index in [1.165, 1.54) is 23.6 Å². The first-order chi connectivity index (χ1) is 29.6. The molecule has 6 N–H and O–H groups in total. The van der Waals surface area contributed by atoms with Gasteiger partial charge >= 0.3 is 0 Å². The summed E-state index contributed by atoms with van der Waals surface area (Å²) in [6.07, 6.45) is 8.51. The number of H-pyrrole nitrogens is 1. The number of carbonyl (C=O) groups is 6. The van der Waals surface area contributed by atoms with Crippen LogP contribution >= 0.6 is 0 Å². The number of methoxy groups -OCH3 is 1. The van der Waals surface area contributed by atoms with Crippen molar-refractivity contribution in [2.75, 3.05) is 20.2 Å². The predicted octanol–water partition coefficient (Wildman–Crippen LogP) is 10.3. The van der Waals surface area contributed by atoms with Crippen LogP contribution in [0.3, 0.4) is 0 Å². The molecule has 73 heavy (non-hydrogen) atoms. The number of benzene rings is 2. The van der Waals surface area contributed by atoms with Gasteiger partial charge < -0.3 is 125 Å². The molecule has 0 aliphatic carbocycles. The Labute approximate surface area is 571 Å². The van der Waals surface area contributed by atoms with E-state index in [9.17, 15) is 33.9 Å². The van der Waals surface area contributed by atoms with E-state index in [-0.39, 0.29) is 241 Å². The van der Waals surface area contributed by atoms with Crippen LogP contribution in [-0.4, -0.2) is 71.0 Å². The molecule has 2 aromatic carbocycles. The maximum Gasteiger partial charge on any atom is 0.160 e. The van der Waals surface area contributed by atoms with Crippen molar-refractivity contribution in [1.82, 2.24) is 15.6 Å². The van der Waals surface area contributed by atoms with E-state index in [1.807, 2.05) is 41.5 Å². The van der Waals surface area contributed by atoms with Gasteiger partial charge in [-0.05, 0) is 111 Å². The number of aryl methyl sites for hydroxylation is 1. The Kier molecular flexibility index (Phi) is 65.7. The first-order valence-electron chi connectivity index (χ1n) is 22.3. The van der Waals surface area contributed by atoms with Crippen LogP contribution in [0.25, 0.3) is 10.9 Å². The number of Topliss-reactive ketones (excluding diaryl/α,β-unsaturated/α-hetero) is 6. The van der Waals surface area contributed by atoms with Crippen LogP contribution < -0.4 is 21.1 Å². The van der Waals surface area contributed by atoms with Crippen molar-refractivity contribution in [3.63, 3.8) is 0 Å². The average Bonchev–Trinajstić information content (AvgIpc) is 3.61. The molecule has 3 heterocycles. The van der Waals surface area contributed by atoms with Gasteiger partial charge in [0.2, 0.25) is 0 Å². The van der Waals surface area contributed by atoms with E-state index in [1.54, 1.807) is 12.1 Å². The molecule has 3 aromatic rings. The standard InChI is InChI=1S/C17H21N2O.C15H20NO3.C7H13O.C6H12NO.C6H9O2.5CH3.5Y/c1-4-5-15(20)17(3)16-12(8-9-18-17)13-10-11(2)6-7-14(13)19-16;1-4-5-14(18)15(2)11-9-13(19-3)12(17)8-10(11)6-7-16-15;1-4-5-7(8)6(2)3;2*1-3-4-6(8)5(2)7;;;;;;;;;;/h6-7,10,18-19H,3-5,8-9H2,1-2H3;8-9,16-17H,2,4-7H2,1,3H3;6H,2,4-5H2,1,3H3;5H,2-4,7H2,1H3;2-4H2,1H3;5*1H3;;;;;/q10*-1;;;;;/t17-;15-;;;;;;;;;;;;;/m01............./s1. The van der Waals surface area contributed by atoms with Crippen LogP contribution in [0.1, 0.15) is 134 Å². The summed E-state index contributed by atoms with van der Waals surface area (Å²) < 4.78 is 5.13. The normalized spacial score (nSPS) is 15.6. The fourth-order valence-corrected chi connectivity index (χ4v) is 7.02. The maximum absolute atomic E-state index is 12.5. The quantitative estimate of drug-likeness (QED) is 0.0676. The van der Waals surface area contributed by atoms with Gasteiger partial charge in [-0.25, -0.2) is 0 Å². The van der Waals surface area contributed by atoms with Crippen molar-refractivity contribution < 1.29 is 202 Å². The van der Waals surface area contributed by atoms with Crippen LogP contribution in [0.5, 0.6) is 11.5 Å². The third-order valence-electron chi connectivity index (χ3n) is 10.6. The third kappa shape index (κ3) is 30.9. The smallest absolute Gasteiger partial charge is 0.160 e. The van der Waals surface area contributed by atoms with Gasteiger partial charge in [0.25, 0.3) is 0 Å². The van der Waals surface area contributed by atoms with Gasteiger partial charge in [-0.1, -0.05) is 72.1 Å². The maximum atomic E-state index is 12.5. The number of phenols is 1. The molecule has 0 fully saturated rings. The minimum Gasteiger partial charge on any atom is -0.504 e. The third-order valence-corrected chi connectivity index (χ3v) is 10.6. The van der Waals surface area contributed by atoms with Crippen molar-refractivity contribution in [2.24, 2.45) is 11.7 Å². The summed E-state index contributed by atoms with van der Waals surface area (Å²) in [5.74, 6) is 0.0791. The fraction of sp³-hybridized carbons (Fsp3) is 0.464. The second-order valence-electron chi connectivity index (χ2n) is 16.3. The summed E-state index contributed by atoms with van der Waals surface area (Å²) in [6.45, 7) is 33.5. The Morgan fingerprint density at radius 3 is 1.55 bits per heavy atom. The van der Waals surface area contributed by atoms with Crippen molar-refractivity contribution >= 4 is 45.6 Å². The van der Waals surface area contributed by atoms with Gasteiger partial charge in [0, 0.05) is 212 Å². The molecule has 1 aromatic heterocycles. The molecule has 0 spiro atoms. The number of nitrogens with two attached hydrogens (primary N) is 1. The van der Waals surface area contributed by atoms with Crippen molar-refractivity contribution in [3.8, 4) is 11.5 Å². The van der Waals surface area contributed by atoms with Crippen LogP contribution in [0.15, 0.2) is 30.3 Å². The molecule has 12 nitrogen and oxygen atoms in total. The number of fused-ring (bicyclic) bond motifs is 4. The topological polar surface area (TPSA) is 198 Å². The molecular weight excluding hydrogens is 1300 g/mol. The Morgan fingerprint density at radius 1 is 0.699 bits per heavy atom. The second kappa shape index (κ2) is 49.9. The monoisotopic (exact) mass is 1390 g/mol. The number of aromatic hydroxyl groups is 1. The van der Waals surface area contributed by atoms with E-state index in [2.05, 4.69) is 75.4 Å². The Balaban J connectivity index is -0.0000000873. The van der Waals surface area contributed by atoms with Gasteiger partial charge in [0.05, 0.1) is 12.9 Å². The summed E-state index contributed by atoms with van der Waals surface area (Å²) in [4.78, 5) is 69.9. The molecule has 4 atom stereocenters. The van der Waals surface area contributed by atoms with Gasteiger partial charge in [-0.2, -0.15) is 6.92 Å². The second-order valence-corrected chi connectivity index (χ2v) is 16.3. The van der Waals surface area contributed by atoms with Crippen LogP contribution in [-0.2, 0) is 216 Å². The number of carbonyl (C=O) groups excluding carboxylic acids is 6. The van der Waals surface area contributed by atoms with Crippen LogP contribution in [0.4, 0.5) is 0 Å². The van der Waals surface area contributed by atoms with Gasteiger partial charge in [-0.15, -0.1) is 5.92 Å². The number of hydrogen-bond acceptors (Lipinski definition) is 11. The summed E-state index contributed by atoms with van der Waals surface area (Å²) in [5.41, 5.74) is 9.75. The molecule has 2 aliphatic heterocycles. The summed E-state index contributed by atoms with van der Waals surface area (Å²) in [5, 5.41) is 17.6. The number of phenolic OH excluding ortho intramolecular Hbond substituents is 1. The predicted molar refractivity (Wildman–Crippen MR) is 285 cm³/mol. The zero-order chi connectivity index (χ0) is 48.1. The van der Waals surface area contributed by atoms with E-state index >= 15 is 0 Å².